The van der Waals surface area contributed by atoms with Crippen LogP contribution in [0.2, 0.25) is 0 Å². The summed E-state index contributed by atoms with van der Waals surface area (Å²) in [6, 6.07) is 2.59. The average Bonchev–Trinajstić information content (AvgIpc) is 2.85. The molecule has 1 unspecified atom stereocenters. The molecule has 2 rings (SSSR count). The van der Waals surface area contributed by atoms with Crippen molar-refractivity contribution in [3.05, 3.63) is 17.0 Å². The molecule has 8 heteroatoms. The summed E-state index contributed by atoms with van der Waals surface area (Å²) in [5, 5.41) is 8.77. The second-order valence-electron chi connectivity index (χ2n) is 4.39. The Hall–Kier alpha value is -0.960. The van der Waals surface area contributed by atoms with Gasteiger partial charge in [-0.3, -0.25) is 0 Å². The summed E-state index contributed by atoms with van der Waals surface area (Å²) in [4.78, 5) is 10.7. The highest BCUT2D eigenvalue weighted by atomic mass is 32.2. The number of hydrogen-bond donors (Lipinski definition) is 2. The zero-order valence-electron chi connectivity index (χ0n) is 9.67. The van der Waals surface area contributed by atoms with Gasteiger partial charge in [-0.05, 0) is 25.5 Å². The SMILES string of the molecule is CC1(NS(=O)(=O)c2ccc(C(=O)O)s2)CCOC1. The van der Waals surface area contributed by atoms with E-state index in [4.69, 9.17) is 9.84 Å². The Morgan fingerprint density at radius 1 is 1.56 bits per heavy atom. The molecule has 1 aromatic rings. The van der Waals surface area contributed by atoms with E-state index in [2.05, 4.69) is 4.72 Å². The fourth-order valence-electron chi connectivity index (χ4n) is 1.70. The normalized spacial score (nSPS) is 24.3. The molecule has 1 aromatic heterocycles. The maximum Gasteiger partial charge on any atom is 0.345 e. The average molecular weight is 291 g/mol. The lowest BCUT2D eigenvalue weighted by Crippen LogP contribution is -2.46. The first-order valence-corrected chi connectivity index (χ1v) is 7.57. The van der Waals surface area contributed by atoms with Gasteiger partial charge in [-0.2, -0.15) is 0 Å². The van der Waals surface area contributed by atoms with E-state index in [1.54, 1.807) is 6.92 Å². The molecule has 18 heavy (non-hydrogen) atoms. The molecule has 0 saturated carbocycles. The van der Waals surface area contributed by atoms with Crippen LogP contribution in [0.15, 0.2) is 16.3 Å². The first-order valence-electron chi connectivity index (χ1n) is 5.27. The van der Waals surface area contributed by atoms with Crippen molar-refractivity contribution >= 4 is 27.3 Å². The number of carboxylic acids is 1. The van der Waals surface area contributed by atoms with Crippen LogP contribution in [0.4, 0.5) is 0 Å². The zero-order valence-corrected chi connectivity index (χ0v) is 11.3. The summed E-state index contributed by atoms with van der Waals surface area (Å²) >= 11 is 0.739. The smallest absolute Gasteiger partial charge is 0.345 e. The van der Waals surface area contributed by atoms with Gasteiger partial charge in [0.25, 0.3) is 10.0 Å². The fourth-order valence-corrected chi connectivity index (χ4v) is 4.27. The van der Waals surface area contributed by atoms with Gasteiger partial charge >= 0.3 is 5.97 Å². The molecule has 0 aromatic carbocycles. The molecule has 2 N–H and O–H groups in total. The molecular weight excluding hydrogens is 278 g/mol. The van der Waals surface area contributed by atoms with Gasteiger partial charge < -0.3 is 9.84 Å². The summed E-state index contributed by atoms with van der Waals surface area (Å²) < 4.78 is 31.9. The van der Waals surface area contributed by atoms with Crippen LogP contribution in [0.3, 0.4) is 0 Å². The number of ether oxygens (including phenoxy) is 1. The summed E-state index contributed by atoms with van der Waals surface area (Å²) in [6.07, 6.45) is 0.601. The third-order valence-electron chi connectivity index (χ3n) is 2.66. The van der Waals surface area contributed by atoms with E-state index in [0.29, 0.717) is 19.6 Å². The van der Waals surface area contributed by atoms with Crippen molar-refractivity contribution in [2.24, 2.45) is 0 Å². The first-order chi connectivity index (χ1) is 8.32. The maximum atomic E-state index is 12.1. The molecule has 1 saturated heterocycles. The lowest BCUT2D eigenvalue weighted by atomic mass is 10.0. The Labute approximate surface area is 109 Å². The van der Waals surface area contributed by atoms with Crippen LogP contribution in [0, 0.1) is 0 Å². The van der Waals surface area contributed by atoms with Gasteiger partial charge in [0, 0.05) is 6.61 Å². The second kappa shape index (κ2) is 4.61. The highest BCUT2D eigenvalue weighted by Gasteiger charge is 2.35. The standard InChI is InChI=1S/C10H13NO5S2/c1-10(4-5-16-6-10)11-18(14,15)8-3-2-7(17-8)9(12)13/h2-3,11H,4-6H2,1H3,(H,12,13). The number of carboxylic acid groups (broad SMARTS) is 1. The predicted octanol–water partition coefficient (Wildman–Crippen LogP) is 0.904. The van der Waals surface area contributed by atoms with Crippen molar-refractivity contribution in [2.75, 3.05) is 13.2 Å². The molecule has 0 radical (unpaired) electrons. The Balaban J connectivity index is 2.22. The lowest BCUT2D eigenvalue weighted by molar-refractivity contribution is 0.0702. The molecule has 1 atom stereocenters. The Bertz CT molecular complexity index is 557. The minimum atomic E-state index is -3.69. The summed E-state index contributed by atoms with van der Waals surface area (Å²) in [5.74, 6) is -1.13. The quantitative estimate of drug-likeness (QED) is 0.860. The van der Waals surface area contributed by atoms with Gasteiger partial charge in [0.1, 0.15) is 9.09 Å². The van der Waals surface area contributed by atoms with Gasteiger partial charge in [0.2, 0.25) is 0 Å². The van der Waals surface area contributed by atoms with Gasteiger partial charge in [-0.25, -0.2) is 17.9 Å². The molecular formula is C10H13NO5S2. The van der Waals surface area contributed by atoms with Crippen LogP contribution in [0.1, 0.15) is 23.0 Å². The summed E-state index contributed by atoms with van der Waals surface area (Å²) in [5.41, 5.74) is -0.619. The van der Waals surface area contributed by atoms with Crippen molar-refractivity contribution < 1.29 is 23.1 Å². The van der Waals surface area contributed by atoms with E-state index < -0.39 is 21.5 Å². The number of thiophene rings is 1. The summed E-state index contributed by atoms with van der Waals surface area (Å²) in [6.45, 7) is 2.61. The van der Waals surface area contributed by atoms with E-state index in [1.165, 1.54) is 12.1 Å². The number of rotatable bonds is 4. The zero-order chi connectivity index (χ0) is 13.4. The number of aromatic carboxylic acids is 1. The van der Waals surface area contributed by atoms with E-state index in [9.17, 15) is 13.2 Å². The van der Waals surface area contributed by atoms with Crippen LogP contribution in [-0.4, -0.2) is 38.2 Å². The molecule has 1 aliphatic heterocycles. The number of sulfonamides is 1. The minimum absolute atomic E-state index is 0.00296. The second-order valence-corrected chi connectivity index (χ2v) is 7.39. The van der Waals surface area contributed by atoms with Crippen LogP contribution < -0.4 is 4.72 Å². The Morgan fingerprint density at radius 3 is 2.78 bits per heavy atom. The maximum absolute atomic E-state index is 12.1. The number of hydrogen-bond acceptors (Lipinski definition) is 5. The third-order valence-corrected chi connectivity index (χ3v) is 5.86. The van der Waals surface area contributed by atoms with E-state index in [0.717, 1.165) is 11.3 Å². The summed E-state index contributed by atoms with van der Waals surface area (Å²) in [7, 11) is -3.69. The Kier molecular flexibility index (Phi) is 3.45. The van der Waals surface area contributed by atoms with Crippen LogP contribution in [0.5, 0.6) is 0 Å². The molecule has 1 aliphatic rings. The Morgan fingerprint density at radius 2 is 2.28 bits per heavy atom. The van der Waals surface area contributed by atoms with E-state index >= 15 is 0 Å². The largest absolute Gasteiger partial charge is 0.477 e. The van der Waals surface area contributed by atoms with Crippen molar-refractivity contribution in [1.29, 1.82) is 0 Å². The van der Waals surface area contributed by atoms with Crippen molar-refractivity contribution in [3.63, 3.8) is 0 Å². The minimum Gasteiger partial charge on any atom is -0.477 e. The first kappa shape index (κ1) is 13.5. The molecule has 2 heterocycles. The molecule has 0 aliphatic carbocycles. The molecule has 0 amide bonds. The van der Waals surface area contributed by atoms with Gasteiger partial charge in [0.05, 0.1) is 12.1 Å². The number of nitrogens with one attached hydrogen (secondary N) is 1. The van der Waals surface area contributed by atoms with Crippen LogP contribution in [-0.2, 0) is 14.8 Å². The van der Waals surface area contributed by atoms with Crippen molar-refractivity contribution in [1.82, 2.24) is 4.72 Å². The highest BCUT2D eigenvalue weighted by Crippen LogP contribution is 2.25. The van der Waals surface area contributed by atoms with Gasteiger partial charge in [-0.1, -0.05) is 0 Å². The van der Waals surface area contributed by atoms with E-state index in [1.807, 2.05) is 0 Å². The van der Waals surface area contributed by atoms with Gasteiger partial charge in [-0.15, -0.1) is 11.3 Å². The number of carbonyl (C=O) groups is 1. The van der Waals surface area contributed by atoms with Crippen molar-refractivity contribution in [3.8, 4) is 0 Å². The molecule has 1 fully saturated rings. The third kappa shape index (κ3) is 2.72. The van der Waals surface area contributed by atoms with Crippen LogP contribution in [0.25, 0.3) is 0 Å². The predicted molar refractivity (Wildman–Crippen MR) is 65.4 cm³/mol. The molecule has 100 valence electrons. The lowest BCUT2D eigenvalue weighted by Gasteiger charge is -2.22. The monoisotopic (exact) mass is 291 g/mol. The van der Waals surface area contributed by atoms with E-state index in [-0.39, 0.29) is 9.09 Å². The molecule has 0 bridgehead atoms. The topological polar surface area (TPSA) is 92.7 Å². The molecule has 0 spiro atoms. The highest BCUT2D eigenvalue weighted by molar-refractivity contribution is 7.91. The van der Waals surface area contributed by atoms with Gasteiger partial charge in [0.15, 0.2) is 0 Å². The van der Waals surface area contributed by atoms with Crippen LogP contribution >= 0.6 is 11.3 Å². The van der Waals surface area contributed by atoms with Crippen molar-refractivity contribution in [2.45, 2.75) is 23.1 Å². The fraction of sp³-hybridized carbons (Fsp3) is 0.500. The molecule has 6 nitrogen and oxygen atoms in total.